The minimum absolute atomic E-state index is 0.214. The van der Waals surface area contributed by atoms with E-state index in [-0.39, 0.29) is 17.8 Å². The van der Waals surface area contributed by atoms with Gasteiger partial charge in [0.1, 0.15) is 11.9 Å². The molecule has 1 fully saturated rings. The van der Waals surface area contributed by atoms with Crippen LogP contribution in [0.2, 0.25) is 0 Å². The van der Waals surface area contributed by atoms with E-state index in [9.17, 15) is 8.60 Å². The molecule has 0 radical (unpaired) electrons. The van der Waals surface area contributed by atoms with Crippen molar-refractivity contribution in [3.8, 4) is 0 Å². The number of hydrogen-bond acceptors (Lipinski definition) is 3. The van der Waals surface area contributed by atoms with Gasteiger partial charge in [0.05, 0.1) is 13.2 Å². The van der Waals surface area contributed by atoms with Crippen molar-refractivity contribution in [3.63, 3.8) is 0 Å². The van der Waals surface area contributed by atoms with Crippen LogP contribution in [0, 0.1) is 5.82 Å². The summed E-state index contributed by atoms with van der Waals surface area (Å²) in [5, 5.41) is 0. The lowest BCUT2D eigenvalue weighted by Crippen LogP contribution is -2.26. The van der Waals surface area contributed by atoms with Gasteiger partial charge in [0.25, 0.3) is 0 Å². The van der Waals surface area contributed by atoms with E-state index in [1.54, 1.807) is 18.2 Å². The zero-order valence-corrected chi connectivity index (χ0v) is 10.2. The molecule has 0 aliphatic carbocycles. The van der Waals surface area contributed by atoms with Gasteiger partial charge in [-0.25, -0.2) is 13.3 Å². The van der Waals surface area contributed by atoms with E-state index < -0.39 is 11.3 Å². The Morgan fingerprint density at radius 3 is 2.94 bits per heavy atom. The second-order valence-electron chi connectivity index (χ2n) is 3.74. The highest BCUT2D eigenvalue weighted by Gasteiger charge is 2.33. The van der Waals surface area contributed by atoms with Gasteiger partial charge in [0.2, 0.25) is 11.3 Å². The number of hydrogen-bond donors (Lipinski definition) is 1. The number of benzene rings is 1. The zero-order valence-electron chi connectivity index (χ0n) is 9.39. The summed E-state index contributed by atoms with van der Waals surface area (Å²) in [7, 11) is 1.53. The standard InChI is InChI=1S/C11H14FNO3S/c1-13-17(14)16-11-7-15-6-9(11)8-4-2-3-5-10(8)12/h2-5,9,11,13H,6-7H2,1H3/t9-,11-,17?/m1/s1. The van der Waals surface area contributed by atoms with Crippen LogP contribution in [-0.4, -0.2) is 30.6 Å². The molecule has 0 saturated carbocycles. The Morgan fingerprint density at radius 1 is 1.47 bits per heavy atom. The van der Waals surface area contributed by atoms with E-state index in [1.165, 1.54) is 13.1 Å². The fourth-order valence-corrected chi connectivity index (χ4v) is 2.37. The molecule has 1 aliphatic rings. The zero-order chi connectivity index (χ0) is 12.3. The van der Waals surface area contributed by atoms with Crippen molar-refractivity contribution in [2.24, 2.45) is 0 Å². The van der Waals surface area contributed by atoms with Crippen molar-refractivity contribution in [1.29, 1.82) is 0 Å². The Labute approximate surface area is 102 Å². The summed E-state index contributed by atoms with van der Waals surface area (Å²) in [6, 6.07) is 6.51. The third kappa shape index (κ3) is 2.90. The molecule has 2 rings (SSSR count). The lowest BCUT2D eigenvalue weighted by Gasteiger charge is -2.17. The molecular weight excluding hydrogens is 245 g/mol. The number of rotatable bonds is 4. The van der Waals surface area contributed by atoms with E-state index in [4.69, 9.17) is 8.92 Å². The largest absolute Gasteiger partial charge is 0.378 e. The maximum Gasteiger partial charge on any atom is 0.234 e. The molecule has 0 aromatic heterocycles. The molecule has 0 bridgehead atoms. The third-order valence-electron chi connectivity index (χ3n) is 2.71. The van der Waals surface area contributed by atoms with Gasteiger partial charge >= 0.3 is 0 Å². The summed E-state index contributed by atoms with van der Waals surface area (Å²) in [5.41, 5.74) is 0.545. The topological polar surface area (TPSA) is 47.6 Å². The van der Waals surface area contributed by atoms with Crippen molar-refractivity contribution in [3.05, 3.63) is 35.6 Å². The van der Waals surface area contributed by atoms with Gasteiger partial charge in [0, 0.05) is 5.92 Å². The first-order chi connectivity index (χ1) is 8.22. The Morgan fingerprint density at radius 2 is 2.24 bits per heavy atom. The summed E-state index contributed by atoms with van der Waals surface area (Å²) in [6.07, 6.45) is -0.389. The Balaban J connectivity index is 2.14. The van der Waals surface area contributed by atoms with Crippen LogP contribution in [0.25, 0.3) is 0 Å². The van der Waals surface area contributed by atoms with Gasteiger partial charge in [-0.2, -0.15) is 0 Å². The summed E-state index contributed by atoms with van der Waals surface area (Å²) < 4.78 is 37.9. The van der Waals surface area contributed by atoms with Crippen LogP contribution < -0.4 is 4.72 Å². The van der Waals surface area contributed by atoms with E-state index >= 15 is 0 Å². The fourth-order valence-electron chi connectivity index (χ4n) is 1.86. The molecule has 1 aromatic rings. The average Bonchev–Trinajstić information content (AvgIpc) is 2.77. The summed E-state index contributed by atoms with van der Waals surface area (Å²) in [5.74, 6) is -0.500. The first kappa shape index (κ1) is 12.6. The van der Waals surface area contributed by atoms with E-state index in [0.717, 1.165) is 0 Å². The molecule has 1 heterocycles. The Bertz CT molecular complexity index is 415. The van der Waals surface area contributed by atoms with Crippen molar-refractivity contribution in [2.45, 2.75) is 12.0 Å². The molecule has 94 valence electrons. The van der Waals surface area contributed by atoms with E-state index in [0.29, 0.717) is 18.8 Å². The lowest BCUT2D eigenvalue weighted by molar-refractivity contribution is 0.149. The molecule has 3 atom stereocenters. The number of ether oxygens (including phenoxy) is 1. The molecule has 1 unspecified atom stereocenters. The smallest absolute Gasteiger partial charge is 0.234 e. The van der Waals surface area contributed by atoms with Crippen molar-refractivity contribution in [2.75, 3.05) is 20.3 Å². The second kappa shape index (κ2) is 5.68. The maximum absolute atomic E-state index is 13.6. The van der Waals surface area contributed by atoms with Gasteiger partial charge in [-0.05, 0) is 18.7 Å². The van der Waals surface area contributed by atoms with Crippen LogP contribution in [0.3, 0.4) is 0 Å². The highest BCUT2D eigenvalue weighted by atomic mass is 32.2. The predicted molar refractivity (Wildman–Crippen MR) is 62.0 cm³/mol. The summed E-state index contributed by atoms with van der Waals surface area (Å²) in [6.45, 7) is 0.707. The Hall–Kier alpha value is -0.820. The van der Waals surface area contributed by atoms with Crippen LogP contribution in [-0.2, 0) is 20.2 Å². The van der Waals surface area contributed by atoms with Crippen LogP contribution in [0.4, 0.5) is 4.39 Å². The van der Waals surface area contributed by atoms with Crippen molar-refractivity contribution >= 4 is 11.3 Å². The van der Waals surface area contributed by atoms with Gasteiger partial charge in [-0.3, -0.25) is 4.18 Å². The van der Waals surface area contributed by atoms with Gasteiger partial charge < -0.3 is 4.74 Å². The van der Waals surface area contributed by atoms with Gasteiger partial charge in [-0.1, -0.05) is 18.2 Å². The van der Waals surface area contributed by atoms with Gasteiger partial charge in [-0.15, -0.1) is 0 Å². The fraction of sp³-hybridized carbons (Fsp3) is 0.455. The van der Waals surface area contributed by atoms with Crippen molar-refractivity contribution in [1.82, 2.24) is 4.72 Å². The van der Waals surface area contributed by atoms with Crippen LogP contribution in [0.1, 0.15) is 11.5 Å². The van der Waals surface area contributed by atoms with E-state index in [2.05, 4.69) is 4.72 Å². The monoisotopic (exact) mass is 259 g/mol. The maximum atomic E-state index is 13.6. The SMILES string of the molecule is CNS(=O)O[C@@H]1COC[C@@H]1c1ccccc1F. The van der Waals surface area contributed by atoms with Crippen LogP contribution >= 0.6 is 0 Å². The van der Waals surface area contributed by atoms with Crippen LogP contribution in [0.5, 0.6) is 0 Å². The molecule has 1 aliphatic heterocycles. The summed E-state index contributed by atoms with van der Waals surface area (Å²) in [4.78, 5) is 0. The summed E-state index contributed by atoms with van der Waals surface area (Å²) >= 11 is -1.57. The lowest BCUT2D eigenvalue weighted by atomic mass is 9.96. The predicted octanol–water partition coefficient (Wildman–Crippen LogP) is 1.12. The molecule has 17 heavy (non-hydrogen) atoms. The van der Waals surface area contributed by atoms with Gasteiger partial charge in [0.15, 0.2) is 0 Å². The van der Waals surface area contributed by atoms with Crippen LogP contribution in [0.15, 0.2) is 24.3 Å². The van der Waals surface area contributed by atoms with E-state index in [1.807, 2.05) is 0 Å². The molecule has 1 N–H and O–H groups in total. The molecule has 1 saturated heterocycles. The first-order valence-corrected chi connectivity index (χ1v) is 6.38. The molecule has 1 aromatic carbocycles. The highest BCUT2D eigenvalue weighted by molar-refractivity contribution is 7.78. The van der Waals surface area contributed by atoms with Crippen molar-refractivity contribution < 1.29 is 17.5 Å². The quantitative estimate of drug-likeness (QED) is 0.881. The first-order valence-electron chi connectivity index (χ1n) is 5.31. The molecule has 0 spiro atoms. The molecule has 0 amide bonds. The highest BCUT2D eigenvalue weighted by Crippen LogP contribution is 2.29. The number of halogens is 1. The molecule has 6 heteroatoms. The number of nitrogens with one attached hydrogen (secondary N) is 1. The average molecular weight is 259 g/mol. The minimum atomic E-state index is -1.57. The molecule has 4 nitrogen and oxygen atoms in total. The molecular formula is C11H14FNO3S. The second-order valence-corrected chi connectivity index (χ2v) is 4.81. The Kier molecular flexibility index (Phi) is 4.22. The minimum Gasteiger partial charge on any atom is -0.378 e. The normalized spacial score (nSPS) is 26.0. The third-order valence-corrected chi connectivity index (χ3v) is 3.47.